The molecule has 0 aromatic heterocycles. The van der Waals surface area contributed by atoms with Crippen LogP contribution in [0.3, 0.4) is 0 Å². The van der Waals surface area contributed by atoms with Crippen molar-refractivity contribution >= 4 is 12.0 Å². The normalized spacial score (nSPS) is 36.4. The highest BCUT2D eigenvalue weighted by Gasteiger charge is 2.67. The van der Waals surface area contributed by atoms with Gasteiger partial charge in [-0.3, -0.25) is 9.69 Å². The van der Waals surface area contributed by atoms with Gasteiger partial charge >= 0.3 is 6.09 Å². The number of hydrogen-bond acceptors (Lipinski definition) is 4. The van der Waals surface area contributed by atoms with Crippen LogP contribution in [0.4, 0.5) is 4.79 Å². The van der Waals surface area contributed by atoms with Gasteiger partial charge in [0.25, 0.3) is 0 Å². The van der Waals surface area contributed by atoms with Gasteiger partial charge in [-0.05, 0) is 52.4 Å². The summed E-state index contributed by atoms with van der Waals surface area (Å²) >= 11 is 0. The summed E-state index contributed by atoms with van der Waals surface area (Å²) in [5.41, 5.74) is -0.910. The zero-order valence-corrected chi connectivity index (χ0v) is 16.6. The summed E-state index contributed by atoms with van der Waals surface area (Å²) in [6.45, 7) is 7.70. The minimum Gasteiger partial charge on any atom is -0.444 e. The Labute approximate surface area is 156 Å². The maximum absolute atomic E-state index is 13.0. The molecule has 0 radical (unpaired) electrons. The minimum absolute atomic E-state index is 0.0160. The lowest BCUT2D eigenvalue weighted by atomic mass is 9.84. The molecule has 3 fully saturated rings. The maximum Gasteiger partial charge on any atom is 0.411 e. The van der Waals surface area contributed by atoms with Crippen LogP contribution < -0.4 is 5.32 Å². The molecule has 2 N–H and O–H groups in total. The molecule has 2 amide bonds. The van der Waals surface area contributed by atoms with E-state index in [1.54, 1.807) is 4.90 Å². The highest BCUT2D eigenvalue weighted by Crippen LogP contribution is 2.59. The van der Waals surface area contributed by atoms with E-state index in [1.807, 2.05) is 20.8 Å². The van der Waals surface area contributed by atoms with Crippen molar-refractivity contribution in [1.29, 1.82) is 0 Å². The molecule has 0 aromatic carbocycles. The van der Waals surface area contributed by atoms with E-state index in [1.165, 1.54) is 6.42 Å². The van der Waals surface area contributed by atoms with Crippen molar-refractivity contribution in [3.05, 3.63) is 0 Å². The topological polar surface area (TPSA) is 78.9 Å². The van der Waals surface area contributed by atoms with Gasteiger partial charge in [-0.1, -0.05) is 26.2 Å². The molecule has 2 unspecified atom stereocenters. The first kappa shape index (κ1) is 19.5. The van der Waals surface area contributed by atoms with Gasteiger partial charge in [0.2, 0.25) is 5.91 Å². The molecule has 5 atom stereocenters. The fourth-order valence-electron chi connectivity index (χ4n) is 4.75. The first-order valence-corrected chi connectivity index (χ1v) is 10.1. The van der Waals surface area contributed by atoms with Crippen molar-refractivity contribution < 1.29 is 19.4 Å². The summed E-state index contributed by atoms with van der Waals surface area (Å²) in [6, 6.07) is -0.408. The number of likely N-dealkylation sites (tertiary alicyclic amines) is 1. The monoisotopic (exact) mass is 366 g/mol. The highest BCUT2D eigenvalue weighted by atomic mass is 16.6. The van der Waals surface area contributed by atoms with E-state index in [9.17, 15) is 14.7 Å². The number of carbonyl (C=O) groups is 2. The second-order valence-corrected chi connectivity index (χ2v) is 9.49. The quantitative estimate of drug-likeness (QED) is 0.802. The van der Waals surface area contributed by atoms with Crippen LogP contribution in [-0.2, 0) is 9.53 Å². The smallest absolute Gasteiger partial charge is 0.411 e. The maximum atomic E-state index is 13.0. The Kier molecular flexibility index (Phi) is 5.26. The second kappa shape index (κ2) is 7.02. The fourth-order valence-corrected chi connectivity index (χ4v) is 4.75. The number of fused-ring (bicyclic) bond motifs is 1. The molecule has 0 aromatic rings. The largest absolute Gasteiger partial charge is 0.444 e. The number of hydrogen-bond donors (Lipinski definition) is 2. The number of amides is 2. The van der Waals surface area contributed by atoms with Gasteiger partial charge in [-0.15, -0.1) is 0 Å². The summed E-state index contributed by atoms with van der Waals surface area (Å²) in [5, 5.41) is 13.0. The van der Waals surface area contributed by atoms with E-state index >= 15 is 0 Å². The molecule has 6 heteroatoms. The number of nitrogens with one attached hydrogen (secondary N) is 1. The third-order valence-electron chi connectivity index (χ3n) is 6.35. The molecule has 0 spiro atoms. The zero-order valence-electron chi connectivity index (χ0n) is 16.6. The number of rotatable bonds is 4. The van der Waals surface area contributed by atoms with Gasteiger partial charge in [0.05, 0.1) is 6.61 Å². The van der Waals surface area contributed by atoms with Crippen LogP contribution in [-0.4, -0.2) is 52.3 Å². The highest BCUT2D eigenvalue weighted by molar-refractivity contribution is 5.87. The summed E-state index contributed by atoms with van der Waals surface area (Å²) in [5.74, 6) is 0.592. The van der Waals surface area contributed by atoms with Crippen LogP contribution in [0.15, 0.2) is 0 Å². The molecule has 148 valence electrons. The van der Waals surface area contributed by atoms with E-state index in [0.717, 1.165) is 32.1 Å². The van der Waals surface area contributed by atoms with Gasteiger partial charge in [0.15, 0.2) is 0 Å². The predicted molar refractivity (Wildman–Crippen MR) is 98.6 cm³/mol. The van der Waals surface area contributed by atoms with Crippen molar-refractivity contribution in [2.45, 2.75) is 96.4 Å². The third kappa shape index (κ3) is 3.85. The third-order valence-corrected chi connectivity index (χ3v) is 6.35. The first-order chi connectivity index (χ1) is 12.2. The Balaban J connectivity index is 1.68. The predicted octanol–water partition coefficient (Wildman–Crippen LogP) is 2.83. The van der Waals surface area contributed by atoms with Crippen molar-refractivity contribution in [3.8, 4) is 0 Å². The van der Waals surface area contributed by atoms with E-state index in [4.69, 9.17) is 4.74 Å². The molecule has 0 bridgehead atoms. The van der Waals surface area contributed by atoms with Crippen LogP contribution in [0.5, 0.6) is 0 Å². The fraction of sp³-hybridized carbons (Fsp3) is 0.900. The van der Waals surface area contributed by atoms with E-state index in [-0.39, 0.29) is 30.0 Å². The Morgan fingerprint density at radius 1 is 1.27 bits per heavy atom. The van der Waals surface area contributed by atoms with Crippen molar-refractivity contribution in [2.24, 2.45) is 11.3 Å². The van der Waals surface area contributed by atoms with E-state index in [2.05, 4.69) is 12.2 Å². The minimum atomic E-state index is -0.602. The molecule has 1 saturated heterocycles. The van der Waals surface area contributed by atoms with Crippen molar-refractivity contribution in [2.75, 3.05) is 6.61 Å². The molecule has 1 heterocycles. The van der Waals surface area contributed by atoms with E-state index in [0.29, 0.717) is 12.3 Å². The average molecular weight is 367 g/mol. The van der Waals surface area contributed by atoms with Gasteiger partial charge in [-0.2, -0.15) is 0 Å². The van der Waals surface area contributed by atoms with Crippen LogP contribution in [0.25, 0.3) is 0 Å². The lowest BCUT2D eigenvalue weighted by Crippen LogP contribution is -2.52. The molecule has 3 rings (SSSR count). The first-order valence-electron chi connectivity index (χ1n) is 10.1. The second-order valence-electron chi connectivity index (χ2n) is 9.49. The summed E-state index contributed by atoms with van der Waals surface area (Å²) in [4.78, 5) is 27.3. The summed E-state index contributed by atoms with van der Waals surface area (Å²) in [7, 11) is 0. The Morgan fingerprint density at radius 3 is 2.62 bits per heavy atom. The molecule has 1 aliphatic heterocycles. The molecule has 2 aliphatic carbocycles. The number of aliphatic hydroxyl groups is 1. The Hall–Kier alpha value is -1.30. The summed E-state index contributed by atoms with van der Waals surface area (Å²) in [6.07, 6.45) is 6.42. The number of ether oxygens (including phenoxy) is 1. The SMILES string of the molecule is CCC1CCCC(NC(=O)[C@@H]2C[C@@]3(CO)C[C@H]3N2C(=O)OC(C)(C)C)C1. The number of carbonyl (C=O) groups excluding carboxylic acids is 2. The lowest BCUT2D eigenvalue weighted by Gasteiger charge is -2.33. The molecule has 6 nitrogen and oxygen atoms in total. The van der Waals surface area contributed by atoms with Gasteiger partial charge < -0.3 is 15.2 Å². The lowest BCUT2D eigenvalue weighted by molar-refractivity contribution is -0.127. The number of aliphatic hydroxyl groups excluding tert-OH is 1. The standard InChI is InChI=1S/C20H34N2O4/c1-5-13-7-6-8-14(9-13)21-17(24)15-10-20(12-23)11-16(20)22(15)18(25)26-19(2,3)4/h13-16,23H,5-12H2,1-4H3,(H,21,24)/t13?,14?,15-,16+,20-/m0/s1. The molecular weight excluding hydrogens is 332 g/mol. The van der Waals surface area contributed by atoms with Crippen molar-refractivity contribution in [3.63, 3.8) is 0 Å². The van der Waals surface area contributed by atoms with Crippen LogP contribution in [0, 0.1) is 11.3 Å². The Bertz CT molecular complexity index is 559. The number of piperidine rings is 1. The Morgan fingerprint density at radius 2 is 2.00 bits per heavy atom. The van der Waals surface area contributed by atoms with E-state index < -0.39 is 17.7 Å². The molecule has 26 heavy (non-hydrogen) atoms. The zero-order chi connectivity index (χ0) is 19.1. The molecule has 3 aliphatic rings. The van der Waals surface area contributed by atoms with Gasteiger partial charge in [0.1, 0.15) is 11.6 Å². The van der Waals surface area contributed by atoms with Crippen molar-refractivity contribution in [1.82, 2.24) is 10.2 Å². The van der Waals surface area contributed by atoms with Crippen LogP contribution in [0.2, 0.25) is 0 Å². The molecular formula is C20H34N2O4. The van der Waals surface area contributed by atoms with Gasteiger partial charge in [-0.25, -0.2) is 4.79 Å². The number of nitrogens with zero attached hydrogens (tertiary/aromatic N) is 1. The summed E-state index contributed by atoms with van der Waals surface area (Å²) < 4.78 is 5.54. The average Bonchev–Trinajstić information content (AvgIpc) is 3.18. The van der Waals surface area contributed by atoms with Crippen LogP contribution in [0.1, 0.15) is 72.6 Å². The van der Waals surface area contributed by atoms with Gasteiger partial charge in [0, 0.05) is 17.5 Å². The molecule has 2 saturated carbocycles. The van der Waals surface area contributed by atoms with Crippen LogP contribution >= 0.6 is 0 Å².